The number of amides is 1. The summed E-state index contributed by atoms with van der Waals surface area (Å²) in [5.74, 6) is 0.0657. The molecule has 1 aromatic heterocycles. The summed E-state index contributed by atoms with van der Waals surface area (Å²) in [7, 11) is 0. The molecule has 2 atom stereocenters. The van der Waals surface area contributed by atoms with E-state index in [1.807, 2.05) is 18.7 Å². The zero-order chi connectivity index (χ0) is 17.6. The topological polar surface area (TPSA) is 55.6 Å². The molecule has 1 amide bonds. The van der Waals surface area contributed by atoms with Crippen LogP contribution in [0.15, 0.2) is 34.9 Å². The summed E-state index contributed by atoms with van der Waals surface area (Å²) in [5.41, 5.74) is 0.338. The fraction of sp³-hybridized carbons (Fsp3) is 0.474. The Morgan fingerprint density at radius 2 is 1.92 bits per heavy atom. The Kier molecular flexibility index (Phi) is 3.87. The molecule has 0 spiro atoms. The molecular formula is C19H21FN2O3. The van der Waals surface area contributed by atoms with Crippen LogP contribution in [0.25, 0.3) is 11.3 Å². The van der Waals surface area contributed by atoms with E-state index in [2.05, 4.69) is 5.16 Å². The lowest BCUT2D eigenvalue weighted by molar-refractivity contribution is -0.146. The van der Waals surface area contributed by atoms with Gasteiger partial charge in [0.2, 0.25) is 5.91 Å². The predicted molar refractivity (Wildman–Crippen MR) is 89.4 cm³/mol. The van der Waals surface area contributed by atoms with E-state index >= 15 is 0 Å². The molecule has 1 aromatic carbocycles. The molecule has 1 aliphatic carbocycles. The molecule has 0 bridgehead atoms. The van der Waals surface area contributed by atoms with Gasteiger partial charge in [-0.05, 0) is 38.8 Å². The fourth-order valence-corrected chi connectivity index (χ4v) is 3.64. The normalized spacial score (nSPS) is 25.0. The van der Waals surface area contributed by atoms with Gasteiger partial charge in [0, 0.05) is 19.2 Å². The van der Waals surface area contributed by atoms with Crippen molar-refractivity contribution in [1.82, 2.24) is 10.1 Å². The molecular weight excluding hydrogens is 323 g/mol. The van der Waals surface area contributed by atoms with Crippen LogP contribution in [0.2, 0.25) is 0 Å². The van der Waals surface area contributed by atoms with Gasteiger partial charge >= 0.3 is 0 Å². The average molecular weight is 344 g/mol. The van der Waals surface area contributed by atoms with Crippen molar-refractivity contribution in [3.05, 3.63) is 41.8 Å². The maximum Gasteiger partial charge on any atom is 0.235 e. The summed E-state index contributed by atoms with van der Waals surface area (Å²) in [6.45, 7) is 5.12. The molecule has 0 N–H and O–H groups in total. The Morgan fingerprint density at radius 3 is 2.56 bits per heavy atom. The molecule has 2 aliphatic rings. The van der Waals surface area contributed by atoms with Crippen LogP contribution < -0.4 is 0 Å². The zero-order valence-corrected chi connectivity index (χ0v) is 14.4. The first-order valence-corrected chi connectivity index (χ1v) is 8.66. The van der Waals surface area contributed by atoms with E-state index in [4.69, 9.17) is 9.26 Å². The second-order valence-electron chi connectivity index (χ2n) is 7.11. The number of hydrogen-bond acceptors (Lipinski definition) is 4. The molecule has 1 saturated carbocycles. The second-order valence-corrected chi connectivity index (χ2v) is 7.11. The van der Waals surface area contributed by atoms with Crippen LogP contribution in [-0.4, -0.2) is 41.3 Å². The molecule has 1 saturated heterocycles. The van der Waals surface area contributed by atoms with Gasteiger partial charge in [-0.1, -0.05) is 17.3 Å². The second kappa shape index (κ2) is 5.95. The minimum Gasteiger partial charge on any atom is -0.372 e. The first-order valence-electron chi connectivity index (χ1n) is 8.66. The monoisotopic (exact) mass is 344 g/mol. The molecule has 1 aliphatic heterocycles. The highest BCUT2D eigenvalue weighted by atomic mass is 19.1. The van der Waals surface area contributed by atoms with Crippen molar-refractivity contribution in [2.75, 3.05) is 13.1 Å². The number of benzene rings is 1. The molecule has 4 rings (SSSR count). The third-order valence-corrected chi connectivity index (χ3v) is 5.01. The van der Waals surface area contributed by atoms with Crippen LogP contribution in [0.5, 0.6) is 0 Å². The van der Waals surface area contributed by atoms with Crippen molar-refractivity contribution in [2.45, 2.75) is 44.3 Å². The van der Waals surface area contributed by atoms with Crippen molar-refractivity contribution in [3.63, 3.8) is 0 Å². The van der Waals surface area contributed by atoms with Crippen LogP contribution in [0.4, 0.5) is 4.39 Å². The van der Waals surface area contributed by atoms with Crippen LogP contribution in [0.1, 0.15) is 32.4 Å². The van der Waals surface area contributed by atoms with E-state index in [9.17, 15) is 9.18 Å². The third-order valence-electron chi connectivity index (χ3n) is 5.01. The summed E-state index contributed by atoms with van der Waals surface area (Å²) < 4.78 is 25.0. The molecule has 5 nitrogen and oxygen atoms in total. The van der Waals surface area contributed by atoms with E-state index < -0.39 is 5.41 Å². The minimum atomic E-state index is -0.621. The number of carbonyl (C=O) groups is 1. The summed E-state index contributed by atoms with van der Waals surface area (Å²) in [6.07, 6.45) is 1.54. The highest BCUT2D eigenvalue weighted by Crippen LogP contribution is 2.50. The number of rotatable bonds is 3. The van der Waals surface area contributed by atoms with Gasteiger partial charge in [0.1, 0.15) is 5.82 Å². The standard InChI is InChI=1S/C19H21FN2O3/c1-12-10-22(11-13(2)24-12)18(23)19(7-8-19)17-9-16(25-21-17)14-5-3-4-6-15(14)20/h3-6,9,12-13H,7-8,10-11H2,1-2H3. The highest BCUT2D eigenvalue weighted by Gasteiger charge is 2.56. The van der Waals surface area contributed by atoms with Gasteiger partial charge in [0.05, 0.1) is 28.9 Å². The molecule has 2 unspecified atom stereocenters. The van der Waals surface area contributed by atoms with Crippen molar-refractivity contribution in [2.24, 2.45) is 0 Å². The van der Waals surface area contributed by atoms with Crippen LogP contribution >= 0.6 is 0 Å². The highest BCUT2D eigenvalue weighted by molar-refractivity contribution is 5.91. The van der Waals surface area contributed by atoms with Crippen molar-refractivity contribution < 1.29 is 18.4 Å². The number of nitrogens with zero attached hydrogens (tertiary/aromatic N) is 2. The third kappa shape index (κ3) is 2.84. The number of carbonyl (C=O) groups excluding carboxylic acids is 1. The van der Waals surface area contributed by atoms with E-state index in [1.54, 1.807) is 24.3 Å². The molecule has 0 radical (unpaired) electrons. The van der Waals surface area contributed by atoms with Crippen molar-refractivity contribution >= 4 is 5.91 Å². The van der Waals surface area contributed by atoms with Crippen molar-refractivity contribution in [1.29, 1.82) is 0 Å². The van der Waals surface area contributed by atoms with Gasteiger partial charge in [-0.2, -0.15) is 0 Å². The Bertz CT molecular complexity index is 789. The number of hydrogen-bond donors (Lipinski definition) is 0. The van der Waals surface area contributed by atoms with Crippen LogP contribution in [-0.2, 0) is 14.9 Å². The summed E-state index contributed by atoms with van der Waals surface area (Å²) >= 11 is 0. The van der Waals surface area contributed by atoms with Gasteiger partial charge in [-0.15, -0.1) is 0 Å². The molecule has 132 valence electrons. The molecule has 6 heteroatoms. The Labute approximate surface area is 145 Å². The van der Waals surface area contributed by atoms with Crippen LogP contribution in [0.3, 0.4) is 0 Å². The predicted octanol–water partition coefficient (Wildman–Crippen LogP) is 3.15. The zero-order valence-electron chi connectivity index (χ0n) is 14.4. The van der Waals surface area contributed by atoms with Gasteiger partial charge in [0.15, 0.2) is 5.76 Å². The smallest absolute Gasteiger partial charge is 0.235 e. The molecule has 2 fully saturated rings. The summed E-state index contributed by atoms with van der Waals surface area (Å²) in [4.78, 5) is 15.0. The first kappa shape index (κ1) is 16.3. The number of ether oxygens (including phenoxy) is 1. The maximum atomic E-state index is 14.0. The fourth-order valence-electron chi connectivity index (χ4n) is 3.64. The average Bonchev–Trinajstić information content (AvgIpc) is 3.24. The molecule has 2 heterocycles. The molecule has 25 heavy (non-hydrogen) atoms. The van der Waals surface area contributed by atoms with Gasteiger partial charge in [0.25, 0.3) is 0 Å². The number of morpholine rings is 1. The number of aromatic nitrogens is 1. The quantitative estimate of drug-likeness (QED) is 0.858. The summed E-state index contributed by atoms with van der Waals surface area (Å²) in [6, 6.07) is 8.10. The first-order chi connectivity index (χ1) is 12.0. The van der Waals surface area contributed by atoms with E-state index in [0.29, 0.717) is 30.1 Å². The number of halogens is 1. The largest absolute Gasteiger partial charge is 0.372 e. The van der Waals surface area contributed by atoms with Crippen molar-refractivity contribution in [3.8, 4) is 11.3 Å². The van der Waals surface area contributed by atoms with Crippen LogP contribution in [0, 0.1) is 5.82 Å². The van der Waals surface area contributed by atoms with E-state index in [1.165, 1.54) is 6.07 Å². The Balaban J connectivity index is 1.59. The lowest BCUT2D eigenvalue weighted by Gasteiger charge is -2.37. The minimum absolute atomic E-state index is 0.0229. The Morgan fingerprint density at radius 1 is 1.24 bits per heavy atom. The van der Waals surface area contributed by atoms with E-state index in [-0.39, 0.29) is 23.9 Å². The summed E-state index contributed by atoms with van der Waals surface area (Å²) in [5, 5.41) is 4.10. The Hall–Kier alpha value is -2.21. The van der Waals surface area contributed by atoms with E-state index in [0.717, 1.165) is 12.8 Å². The maximum absolute atomic E-state index is 14.0. The van der Waals surface area contributed by atoms with Gasteiger partial charge in [-0.25, -0.2) is 4.39 Å². The SMILES string of the molecule is CC1CN(C(=O)C2(c3cc(-c4ccccc4F)on3)CC2)CC(C)O1. The van der Waals surface area contributed by atoms with Gasteiger partial charge in [-0.3, -0.25) is 4.79 Å². The van der Waals surface area contributed by atoms with Gasteiger partial charge < -0.3 is 14.2 Å². The lowest BCUT2D eigenvalue weighted by atomic mass is 9.98. The molecule has 2 aromatic rings. The lowest BCUT2D eigenvalue weighted by Crippen LogP contribution is -2.51.